The van der Waals surface area contributed by atoms with Gasteiger partial charge in [-0.05, 0) is 115 Å². The molecule has 0 aromatic heterocycles. The first-order chi connectivity index (χ1) is 22.0. The quantitative estimate of drug-likeness (QED) is 0.151. The fourth-order valence-corrected chi connectivity index (χ4v) is 6.64. The van der Waals surface area contributed by atoms with Crippen molar-refractivity contribution in [2.45, 2.75) is 39.5 Å². The molecule has 0 fully saturated rings. The maximum atomic E-state index is 10.1. The molecular weight excluding hydrogens is 546 g/mol. The topological polar surface area (TPSA) is 50.8 Å². The van der Waals surface area contributed by atoms with E-state index in [2.05, 4.69) is 127 Å². The van der Waals surface area contributed by atoms with Crippen LogP contribution in [0.1, 0.15) is 57.3 Å². The highest BCUT2D eigenvalue weighted by Gasteiger charge is 2.17. The second kappa shape index (κ2) is 11.8. The Morgan fingerprint density at radius 3 is 1.73 bits per heavy atom. The molecule has 6 aromatic carbocycles. The number of hydrogen-bond acceptors (Lipinski definition) is 3. The van der Waals surface area contributed by atoms with E-state index in [9.17, 15) is 10.5 Å². The van der Waals surface area contributed by atoms with Crippen LogP contribution in [0, 0.1) is 36.5 Å². The minimum absolute atomic E-state index is 0.434. The van der Waals surface area contributed by atoms with Crippen LogP contribution in [0.5, 0.6) is 0 Å². The van der Waals surface area contributed by atoms with Gasteiger partial charge in [-0.15, -0.1) is 0 Å². The average molecular weight is 580 g/mol. The van der Waals surface area contributed by atoms with Gasteiger partial charge in [-0.2, -0.15) is 10.5 Å². The molecule has 0 N–H and O–H groups in total. The molecule has 0 saturated carbocycles. The molecule has 0 radical (unpaired) electrons. The van der Waals surface area contributed by atoms with E-state index < -0.39 is 0 Å². The molecule has 7 rings (SSSR count). The monoisotopic (exact) mass is 579 g/mol. The number of benzene rings is 6. The van der Waals surface area contributed by atoms with Gasteiger partial charge in [0, 0.05) is 27.8 Å². The molecule has 1 aliphatic rings. The Kier molecular flexibility index (Phi) is 7.38. The summed E-state index contributed by atoms with van der Waals surface area (Å²) in [5.74, 6) is 0. The molecule has 0 spiro atoms. The van der Waals surface area contributed by atoms with Crippen molar-refractivity contribution in [1.82, 2.24) is 0 Å². The van der Waals surface area contributed by atoms with E-state index in [1.165, 1.54) is 41.6 Å². The first-order valence-electron chi connectivity index (χ1n) is 15.6. The third-order valence-electron chi connectivity index (χ3n) is 9.02. The summed E-state index contributed by atoms with van der Waals surface area (Å²) in [4.78, 5) is 2.34. The largest absolute Gasteiger partial charge is 0.310 e. The van der Waals surface area contributed by atoms with Crippen molar-refractivity contribution in [3.05, 3.63) is 148 Å². The first-order valence-corrected chi connectivity index (χ1v) is 15.6. The summed E-state index contributed by atoms with van der Waals surface area (Å²) in [7, 11) is 0. The van der Waals surface area contributed by atoms with Crippen LogP contribution in [-0.2, 0) is 12.8 Å². The molecule has 0 amide bonds. The molecule has 0 atom stereocenters. The van der Waals surface area contributed by atoms with Gasteiger partial charge in [0.1, 0.15) is 12.1 Å². The Hall–Kier alpha value is -5.64. The normalized spacial score (nSPS) is 12.6. The summed E-state index contributed by atoms with van der Waals surface area (Å²) < 4.78 is 0. The number of rotatable bonds is 5. The third-order valence-corrected chi connectivity index (χ3v) is 9.02. The minimum atomic E-state index is 0.434. The molecule has 3 nitrogen and oxygen atoms in total. The number of nitriles is 2. The van der Waals surface area contributed by atoms with Crippen LogP contribution >= 0.6 is 0 Å². The zero-order valence-electron chi connectivity index (χ0n) is 25.6. The van der Waals surface area contributed by atoms with Crippen molar-refractivity contribution in [3.8, 4) is 12.1 Å². The molecule has 0 saturated heterocycles. The molecule has 0 aliphatic heterocycles. The molecule has 3 heteroatoms. The van der Waals surface area contributed by atoms with Gasteiger partial charge in [-0.3, -0.25) is 0 Å². The molecular formula is C42H33N3. The zero-order valence-corrected chi connectivity index (χ0v) is 25.6. The molecule has 1 aliphatic carbocycles. The Morgan fingerprint density at radius 2 is 1.04 bits per heavy atom. The summed E-state index contributed by atoms with van der Waals surface area (Å²) in [6.45, 7) is 4.13. The summed E-state index contributed by atoms with van der Waals surface area (Å²) in [6.07, 6.45) is 9.02. The van der Waals surface area contributed by atoms with Crippen LogP contribution in [0.4, 0.5) is 17.1 Å². The highest BCUT2D eigenvalue weighted by Crippen LogP contribution is 2.38. The predicted molar refractivity (Wildman–Crippen MR) is 187 cm³/mol. The van der Waals surface area contributed by atoms with Crippen LogP contribution < -0.4 is 4.90 Å². The lowest BCUT2D eigenvalue weighted by Crippen LogP contribution is -2.12. The molecule has 0 unspecified atom stereocenters. The van der Waals surface area contributed by atoms with Crippen LogP contribution in [0.2, 0.25) is 0 Å². The lowest BCUT2D eigenvalue weighted by atomic mass is 9.91. The highest BCUT2D eigenvalue weighted by atomic mass is 15.1. The number of nitrogens with zero attached hydrogens (tertiary/aromatic N) is 3. The van der Waals surface area contributed by atoms with Crippen molar-refractivity contribution in [3.63, 3.8) is 0 Å². The van der Waals surface area contributed by atoms with Crippen molar-refractivity contribution in [2.75, 3.05) is 4.90 Å². The number of fused-ring (bicyclic) bond motifs is 4. The zero-order chi connectivity index (χ0) is 30.9. The summed E-state index contributed by atoms with van der Waals surface area (Å²) >= 11 is 0. The second-order valence-electron chi connectivity index (χ2n) is 12.1. The standard InChI is InChI=1S/C42H33N3/c1-28-7-16-34(17-8-28)45(36-20-15-32-5-3-4-6-33(32)25-36)35-18-12-30(13-19-35)10-11-31-14-22-38-37-21-9-29(2)23-39(37)41(26-43)42(27-44)40(38)24-31/h7-25H,3-6H2,1-2H3. The SMILES string of the molecule is Cc1ccc(N(c2ccc(C=Cc3ccc4c(c3)c(C#N)c(C#N)c3cc(C)ccc34)cc2)c2ccc3c(c2)CCCC3)cc1. The van der Waals surface area contributed by atoms with Crippen molar-refractivity contribution in [1.29, 1.82) is 10.5 Å². The van der Waals surface area contributed by atoms with Gasteiger partial charge in [-0.25, -0.2) is 0 Å². The van der Waals surface area contributed by atoms with E-state index in [0.29, 0.717) is 11.1 Å². The molecule has 45 heavy (non-hydrogen) atoms. The molecule has 216 valence electrons. The number of aryl methyl sites for hydroxylation is 4. The number of hydrogen-bond donors (Lipinski definition) is 0. The summed E-state index contributed by atoms with van der Waals surface area (Å²) in [6, 6.07) is 41.2. The van der Waals surface area contributed by atoms with Crippen LogP contribution in [0.15, 0.2) is 103 Å². The Bertz CT molecular complexity index is 2190. The average Bonchev–Trinajstić information content (AvgIpc) is 3.08. The summed E-state index contributed by atoms with van der Waals surface area (Å²) in [5.41, 5.74) is 11.6. The van der Waals surface area contributed by atoms with Crippen LogP contribution in [0.3, 0.4) is 0 Å². The Balaban J connectivity index is 1.23. The van der Waals surface area contributed by atoms with Crippen molar-refractivity contribution < 1.29 is 0 Å². The lowest BCUT2D eigenvalue weighted by Gasteiger charge is -2.27. The van der Waals surface area contributed by atoms with E-state index in [0.717, 1.165) is 56.0 Å². The van der Waals surface area contributed by atoms with Crippen molar-refractivity contribution in [2.24, 2.45) is 0 Å². The van der Waals surface area contributed by atoms with E-state index in [1.807, 2.05) is 19.1 Å². The van der Waals surface area contributed by atoms with Gasteiger partial charge in [0.05, 0.1) is 11.1 Å². The van der Waals surface area contributed by atoms with Gasteiger partial charge in [0.15, 0.2) is 0 Å². The highest BCUT2D eigenvalue weighted by molar-refractivity contribution is 6.13. The van der Waals surface area contributed by atoms with Gasteiger partial charge in [0.25, 0.3) is 0 Å². The fraction of sp³-hybridized carbons (Fsp3) is 0.143. The van der Waals surface area contributed by atoms with Gasteiger partial charge in [0.2, 0.25) is 0 Å². The van der Waals surface area contributed by atoms with E-state index in [-0.39, 0.29) is 0 Å². The smallest absolute Gasteiger partial charge is 0.101 e. The first kappa shape index (κ1) is 28.1. The number of anilines is 3. The van der Waals surface area contributed by atoms with Crippen LogP contribution in [0.25, 0.3) is 33.7 Å². The van der Waals surface area contributed by atoms with Crippen LogP contribution in [-0.4, -0.2) is 0 Å². The van der Waals surface area contributed by atoms with E-state index in [1.54, 1.807) is 0 Å². The predicted octanol–water partition coefficient (Wildman–Crippen LogP) is 10.9. The molecule has 6 aromatic rings. The maximum Gasteiger partial charge on any atom is 0.101 e. The van der Waals surface area contributed by atoms with Gasteiger partial charge in [-0.1, -0.05) is 83.9 Å². The Morgan fingerprint density at radius 1 is 0.511 bits per heavy atom. The molecule has 0 heterocycles. The maximum absolute atomic E-state index is 10.1. The van der Waals surface area contributed by atoms with E-state index in [4.69, 9.17) is 0 Å². The fourth-order valence-electron chi connectivity index (χ4n) is 6.64. The summed E-state index contributed by atoms with van der Waals surface area (Å²) in [5, 5.41) is 23.7. The second-order valence-corrected chi connectivity index (χ2v) is 12.1. The third kappa shape index (κ3) is 5.35. The van der Waals surface area contributed by atoms with Gasteiger partial charge < -0.3 is 4.90 Å². The van der Waals surface area contributed by atoms with Crippen molar-refractivity contribution >= 4 is 50.8 Å². The Labute approximate surface area is 264 Å². The van der Waals surface area contributed by atoms with Gasteiger partial charge >= 0.3 is 0 Å². The molecule has 0 bridgehead atoms. The minimum Gasteiger partial charge on any atom is -0.310 e. The van der Waals surface area contributed by atoms with E-state index >= 15 is 0 Å². The lowest BCUT2D eigenvalue weighted by molar-refractivity contribution is 0.685.